The molecule has 0 amide bonds. The number of nitrogens with one attached hydrogen (secondary N) is 2. The quantitative estimate of drug-likeness (QED) is 0.562. The normalized spacial score (nSPS) is 13.5. The van der Waals surface area contributed by atoms with Gasteiger partial charge in [-0.05, 0) is 29.8 Å². The highest BCUT2D eigenvalue weighted by molar-refractivity contribution is 6.07. The van der Waals surface area contributed by atoms with Gasteiger partial charge in [-0.3, -0.25) is 9.59 Å². The number of aromatic hydroxyl groups is 1. The molecule has 1 aliphatic carbocycles. The molecule has 0 atom stereocenters. The van der Waals surface area contributed by atoms with Crippen LogP contribution in [0.3, 0.4) is 0 Å². The van der Waals surface area contributed by atoms with E-state index in [1.54, 1.807) is 24.3 Å². The van der Waals surface area contributed by atoms with Crippen LogP contribution < -0.4 is 10.6 Å². The fraction of sp³-hybridized carbons (Fsp3) is 0.111. The summed E-state index contributed by atoms with van der Waals surface area (Å²) in [6.45, 7) is 0.453. The van der Waals surface area contributed by atoms with E-state index in [9.17, 15) is 19.1 Å². The Morgan fingerprint density at radius 1 is 1.17 bits per heavy atom. The van der Waals surface area contributed by atoms with Crippen molar-refractivity contribution in [3.63, 3.8) is 0 Å². The second-order valence-electron chi connectivity index (χ2n) is 5.42. The van der Waals surface area contributed by atoms with Gasteiger partial charge in [0.1, 0.15) is 17.3 Å². The number of ketones is 1. The molecule has 0 spiro atoms. The molecule has 24 heavy (non-hydrogen) atoms. The van der Waals surface area contributed by atoms with E-state index in [-0.39, 0.29) is 29.3 Å². The number of para-hydroxylation sites is 1. The number of carbonyl (C=O) groups is 2. The molecule has 0 unspecified atom stereocenters. The first-order chi connectivity index (χ1) is 11.6. The van der Waals surface area contributed by atoms with E-state index in [0.29, 0.717) is 29.9 Å². The summed E-state index contributed by atoms with van der Waals surface area (Å²) >= 11 is 0. The third-order valence-corrected chi connectivity index (χ3v) is 3.79. The maximum atomic E-state index is 12.9. The Hall–Kier alpha value is -3.15. The van der Waals surface area contributed by atoms with Crippen LogP contribution >= 0.6 is 0 Å². The number of rotatable bonds is 6. The summed E-state index contributed by atoms with van der Waals surface area (Å²) in [4.78, 5) is 22.7. The van der Waals surface area contributed by atoms with Crippen LogP contribution in [0.4, 0.5) is 10.1 Å². The zero-order valence-electron chi connectivity index (χ0n) is 12.7. The lowest BCUT2D eigenvalue weighted by atomic mass is 9.98. The minimum atomic E-state index is -0.301. The van der Waals surface area contributed by atoms with Crippen LogP contribution in [-0.4, -0.2) is 17.2 Å². The van der Waals surface area contributed by atoms with Gasteiger partial charge in [0.2, 0.25) is 0 Å². The molecule has 2 aromatic rings. The zero-order chi connectivity index (χ0) is 17.1. The number of Topliss-reactive ketones (excluding diaryl/α,β-unsaturated/α-hetero) is 1. The van der Waals surface area contributed by atoms with E-state index in [1.165, 1.54) is 18.2 Å². The zero-order valence-corrected chi connectivity index (χ0v) is 12.7. The van der Waals surface area contributed by atoms with Gasteiger partial charge < -0.3 is 15.7 Å². The number of hydrogen-bond acceptors (Lipinski definition) is 5. The lowest BCUT2D eigenvalue weighted by Gasteiger charge is -2.25. The average molecular weight is 326 g/mol. The number of benzene rings is 2. The second kappa shape index (κ2) is 6.54. The second-order valence-corrected chi connectivity index (χ2v) is 5.42. The molecule has 0 aromatic heterocycles. The third kappa shape index (κ3) is 3.12. The maximum Gasteiger partial charge on any atom is 0.186 e. The minimum absolute atomic E-state index is 0.0903. The Morgan fingerprint density at radius 3 is 2.58 bits per heavy atom. The lowest BCUT2D eigenvalue weighted by Crippen LogP contribution is -2.32. The van der Waals surface area contributed by atoms with Crippen molar-refractivity contribution in [2.45, 2.75) is 13.0 Å². The molecule has 2 aromatic carbocycles. The van der Waals surface area contributed by atoms with E-state index in [0.717, 1.165) is 5.56 Å². The summed E-state index contributed by atoms with van der Waals surface area (Å²) in [5.41, 5.74) is 2.39. The van der Waals surface area contributed by atoms with Crippen LogP contribution in [0, 0.1) is 5.82 Å². The minimum Gasteiger partial charge on any atom is -0.505 e. The van der Waals surface area contributed by atoms with Gasteiger partial charge in [0.15, 0.2) is 12.1 Å². The monoisotopic (exact) mass is 326 g/mol. The van der Waals surface area contributed by atoms with Crippen LogP contribution in [0.2, 0.25) is 0 Å². The van der Waals surface area contributed by atoms with Crippen molar-refractivity contribution in [2.75, 3.05) is 5.32 Å². The molecule has 0 fully saturated rings. The average Bonchev–Trinajstić information content (AvgIpc) is 2.59. The summed E-state index contributed by atoms with van der Waals surface area (Å²) < 4.78 is 12.9. The molecule has 5 nitrogen and oxygen atoms in total. The van der Waals surface area contributed by atoms with E-state index in [4.69, 9.17) is 0 Å². The standard InChI is InChI=1S/C18H15FN2O3/c19-13-6-4-11(5-7-13)9-20-15-8-16(23)17(15)21-14-3-1-2-12(10-22)18(14)24/h1-7,10,20-21,24H,8-9H2. The molecule has 0 saturated carbocycles. The molecule has 1 aliphatic rings. The molecule has 0 aliphatic heterocycles. The van der Waals surface area contributed by atoms with Gasteiger partial charge in [-0.15, -0.1) is 0 Å². The molecular weight excluding hydrogens is 311 g/mol. The van der Waals surface area contributed by atoms with E-state index >= 15 is 0 Å². The predicted octanol–water partition coefficient (Wildman–Crippen LogP) is 2.73. The molecule has 6 heteroatoms. The molecule has 0 radical (unpaired) electrons. The van der Waals surface area contributed by atoms with Crippen molar-refractivity contribution >= 4 is 17.8 Å². The van der Waals surface area contributed by atoms with Crippen molar-refractivity contribution in [2.24, 2.45) is 0 Å². The fourth-order valence-electron chi connectivity index (χ4n) is 2.40. The predicted molar refractivity (Wildman–Crippen MR) is 87.0 cm³/mol. The highest BCUT2D eigenvalue weighted by Gasteiger charge is 2.28. The molecular formula is C18H15FN2O3. The molecule has 3 N–H and O–H groups in total. The Labute approximate surface area is 137 Å². The first kappa shape index (κ1) is 15.7. The maximum absolute atomic E-state index is 12.9. The van der Waals surface area contributed by atoms with Gasteiger partial charge >= 0.3 is 0 Å². The summed E-state index contributed by atoms with van der Waals surface area (Å²) in [7, 11) is 0. The summed E-state index contributed by atoms with van der Waals surface area (Å²) in [6, 6.07) is 10.8. The fourth-order valence-corrected chi connectivity index (χ4v) is 2.40. The first-order valence-electron chi connectivity index (χ1n) is 7.37. The Balaban J connectivity index is 1.74. The molecule has 3 rings (SSSR count). The van der Waals surface area contributed by atoms with Crippen molar-refractivity contribution in [1.29, 1.82) is 0 Å². The topological polar surface area (TPSA) is 78.4 Å². The van der Waals surface area contributed by atoms with Crippen LogP contribution in [0.5, 0.6) is 5.75 Å². The van der Waals surface area contributed by atoms with Crippen LogP contribution in [-0.2, 0) is 11.3 Å². The van der Waals surface area contributed by atoms with Crippen molar-refractivity contribution < 1.29 is 19.1 Å². The largest absolute Gasteiger partial charge is 0.505 e. The van der Waals surface area contributed by atoms with Crippen LogP contribution in [0.15, 0.2) is 53.9 Å². The summed E-state index contributed by atoms with van der Waals surface area (Å²) in [5, 5.41) is 16.0. The first-order valence-corrected chi connectivity index (χ1v) is 7.37. The van der Waals surface area contributed by atoms with E-state index in [1.807, 2.05) is 0 Å². The number of hydrogen-bond donors (Lipinski definition) is 3. The third-order valence-electron chi connectivity index (χ3n) is 3.79. The van der Waals surface area contributed by atoms with Crippen LogP contribution in [0.1, 0.15) is 22.3 Å². The SMILES string of the molecule is O=Cc1cccc(NC2=C(NCc3ccc(F)cc3)CC2=O)c1O. The number of halogens is 1. The summed E-state index contributed by atoms with van der Waals surface area (Å²) in [6.07, 6.45) is 0.808. The van der Waals surface area contributed by atoms with Gasteiger partial charge in [-0.2, -0.15) is 0 Å². The molecule has 122 valence electrons. The van der Waals surface area contributed by atoms with Gasteiger partial charge in [-0.1, -0.05) is 18.2 Å². The number of aldehydes is 1. The Morgan fingerprint density at radius 2 is 1.92 bits per heavy atom. The molecule has 0 saturated heterocycles. The number of phenols is 1. The van der Waals surface area contributed by atoms with Crippen molar-refractivity contribution in [3.8, 4) is 5.75 Å². The van der Waals surface area contributed by atoms with Crippen molar-refractivity contribution in [3.05, 3.63) is 70.8 Å². The highest BCUT2D eigenvalue weighted by atomic mass is 19.1. The smallest absolute Gasteiger partial charge is 0.186 e. The lowest BCUT2D eigenvalue weighted by molar-refractivity contribution is -0.116. The van der Waals surface area contributed by atoms with Gasteiger partial charge in [-0.25, -0.2) is 4.39 Å². The highest BCUT2D eigenvalue weighted by Crippen LogP contribution is 2.31. The Kier molecular flexibility index (Phi) is 4.29. The number of anilines is 1. The van der Waals surface area contributed by atoms with Gasteiger partial charge in [0.05, 0.1) is 17.7 Å². The molecule has 0 heterocycles. The van der Waals surface area contributed by atoms with Gasteiger partial charge in [0, 0.05) is 12.2 Å². The molecule has 0 bridgehead atoms. The van der Waals surface area contributed by atoms with Crippen molar-refractivity contribution in [1.82, 2.24) is 5.32 Å². The Bertz CT molecular complexity index is 829. The van der Waals surface area contributed by atoms with E-state index in [2.05, 4.69) is 10.6 Å². The van der Waals surface area contributed by atoms with Crippen LogP contribution in [0.25, 0.3) is 0 Å². The number of carbonyl (C=O) groups excluding carboxylic acids is 2. The van der Waals surface area contributed by atoms with Gasteiger partial charge in [0.25, 0.3) is 0 Å². The van der Waals surface area contributed by atoms with E-state index < -0.39 is 0 Å². The number of phenolic OH excluding ortho intramolecular Hbond substituents is 1. The number of allylic oxidation sites excluding steroid dienone is 2. The summed E-state index contributed by atoms with van der Waals surface area (Å²) in [5.74, 6) is -0.588.